The van der Waals surface area contributed by atoms with E-state index in [-0.39, 0.29) is 18.2 Å². The Kier molecular flexibility index (Phi) is 6.03. The fourth-order valence-electron chi connectivity index (χ4n) is 7.45. The lowest BCUT2D eigenvalue weighted by molar-refractivity contribution is -0.138. The number of anilines is 2. The van der Waals surface area contributed by atoms with Crippen LogP contribution in [-0.2, 0) is 25.6 Å². The van der Waals surface area contributed by atoms with Crippen molar-refractivity contribution in [1.82, 2.24) is 0 Å². The molecule has 7 rings (SSSR count). The van der Waals surface area contributed by atoms with Crippen LogP contribution in [0.15, 0.2) is 91.0 Å². The van der Waals surface area contributed by atoms with Gasteiger partial charge in [-0.1, -0.05) is 89.0 Å². The Morgan fingerprint density at radius 1 is 0.558 bits per heavy atom. The van der Waals surface area contributed by atoms with E-state index in [2.05, 4.69) is 0 Å². The number of carbonyl (C=O) groups excluding carboxylic acids is 4. The SMILES string of the molecule is Cc1ccc(C[C@]23C(=O)N(c4ccc(C)cc4)C(=O)[C@@H]2c2cc(C)ccc2[C@@H]2C(=O)N(c4ccc(C)cc4)C(=O)[C@H]23)cc1. The van der Waals surface area contributed by atoms with E-state index >= 15 is 4.79 Å². The predicted octanol–water partition coefficient (Wildman–Crippen LogP) is 6.09. The van der Waals surface area contributed by atoms with Gasteiger partial charge >= 0.3 is 0 Å². The number of imide groups is 2. The molecular formula is C37H32N2O4. The van der Waals surface area contributed by atoms with E-state index in [4.69, 9.17) is 0 Å². The largest absolute Gasteiger partial charge is 0.274 e. The van der Waals surface area contributed by atoms with Gasteiger partial charge in [-0.05, 0) is 75.1 Å². The summed E-state index contributed by atoms with van der Waals surface area (Å²) in [6.07, 6.45) is 0.153. The van der Waals surface area contributed by atoms with Crippen molar-refractivity contribution in [2.75, 3.05) is 9.80 Å². The number of benzene rings is 4. The molecule has 2 saturated heterocycles. The highest BCUT2D eigenvalue weighted by molar-refractivity contribution is 6.31. The average molecular weight is 569 g/mol. The molecule has 3 aliphatic rings. The molecule has 4 aromatic rings. The highest BCUT2D eigenvalue weighted by Gasteiger charge is 2.73. The summed E-state index contributed by atoms with van der Waals surface area (Å²) in [4.78, 5) is 61.2. The molecule has 4 atom stereocenters. The van der Waals surface area contributed by atoms with Gasteiger partial charge in [0.25, 0.3) is 0 Å². The van der Waals surface area contributed by atoms with Crippen molar-refractivity contribution in [3.8, 4) is 0 Å². The molecule has 2 fully saturated rings. The number of aryl methyl sites for hydroxylation is 4. The molecule has 1 aliphatic carbocycles. The molecule has 4 amide bonds. The standard InChI is InChI=1S/C37H32N2O4/c1-21-5-12-25(13-6-21)20-37-31(34(41)39(36(37)43)27-16-9-23(3)10-17-27)29-19-24(4)11-18-28(29)30-32(37)35(42)38(33(30)40)26-14-7-22(2)8-15-26/h5-19,30-32H,20H2,1-4H3/t30-,31-,32-,37-/m0/s1. The summed E-state index contributed by atoms with van der Waals surface area (Å²) in [5.74, 6) is -4.45. The Balaban J connectivity index is 1.50. The molecule has 2 aliphatic heterocycles. The van der Waals surface area contributed by atoms with E-state index in [0.717, 1.165) is 27.8 Å². The van der Waals surface area contributed by atoms with Crippen molar-refractivity contribution in [3.63, 3.8) is 0 Å². The Morgan fingerprint density at radius 2 is 1.07 bits per heavy atom. The first-order valence-electron chi connectivity index (χ1n) is 14.7. The lowest BCUT2D eigenvalue weighted by Gasteiger charge is -2.43. The molecule has 0 spiro atoms. The molecule has 6 nitrogen and oxygen atoms in total. The van der Waals surface area contributed by atoms with Crippen LogP contribution in [0.1, 0.15) is 50.8 Å². The maximum atomic E-state index is 15.0. The maximum absolute atomic E-state index is 15.0. The number of hydrogen-bond acceptors (Lipinski definition) is 4. The van der Waals surface area contributed by atoms with Gasteiger partial charge in [0.05, 0.1) is 34.5 Å². The fourth-order valence-corrected chi connectivity index (χ4v) is 7.45. The van der Waals surface area contributed by atoms with Crippen molar-refractivity contribution in [2.45, 2.75) is 46.0 Å². The summed E-state index contributed by atoms with van der Waals surface area (Å²) in [6.45, 7) is 7.82. The summed E-state index contributed by atoms with van der Waals surface area (Å²) in [6, 6.07) is 28.1. The molecule has 0 bridgehead atoms. The molecule has 0 N–H and O–H groups in total. The Hall–Kier alpha value is -4.84. The fraction of sp³-hybridized carbons (Fsp3) is 0.243. The molecule has 0 unspecified atom stereocenters. The van der Waals surface area contributed by atoms with Gasteiger partial charge < -0.3 is 0 Å². The number of nitrogens with zero attached hydrogens (tertiary/aromatic N) is 2. The number of amides is 4. The second-order valence-electron chi connectivity index (χ2n) is 12.4. The van der Waals surface area contributed by atoms with Gasteiger partial charge in [-0.3, -0.25) is 19.2 Å². The minimum Gasteiger partial charge on any atom is -0.274 e. The monoisotopic (exact) mass is 568 g/mol. The van der Waals surface area contributed by atoms with Gasteiger partial charge in [-0.15, -0.1) is 0 Å². The molecule has 0 aromatic heterocycles. The van der Waals surface area contributed by atoms with Crippen LogP contribution in [0.5, 0.6) is 0 Å². The molecule has 4 aromatic carbocycles. The minimum atomic E-state index is -1.49. The van der Waals surface area contributed by atoms with Gasteiger partial charge in [-0.25, -0.2) is 9.80 Å². The van der Waals surface area contributed by atoms with E-state index in [1.165, 1.54) is 9.80 Å². The van der Waals surface area contributed by atoms with Gasteiger partial charge in [0, 0.05) is 0 Å². The zero-order valence-electron chi connectivity index (χ0n) is 24.6. The smallest absolute Gasteiger partial charge is 0.242 e. The first kappa shape index (κ1) is 27.0. The Morgan fingerprint density at radius 3 is 1.65 bits per heavy atom. The van der Waals surface area contributed by atoms with Gasteiger partial charge in [0.2, 0.25) is 23.6 Å². The number of hydrogen-bond donors (Lipinski definition) is 0. The highest BCUT2D eigenvalue weighted by Crippen LogP contribution is 2.63. The molecular weight excluding hydrogens is 536 g/mol. The van der Waals surface area contributed by atoms with Crippen LogP contribution in [0.25, 0.3) is 0 Å². The predicted molar refractivity (Wildman–Crippen MR) is 165 cm³/mol. The van der Waals surface area contributed by atoms with Crippen LogP contribution in [0.3, 0.4) is 0 Å². The van der Waals surface area contributed by atoms with E-state index < -0.39 is 35.0 Å². The number of carbonyl (C=O) groups is 4. The topological polar surface area (TPSA) is 74.8 Å². The van der Waals surface area contributed by atoms with E-state index in [1.807, 2.05) is 94.4 Å². The second kappa shape index (κ2) is 9.60. The first-order valence-corrected chi connectivity index (χ1v) is 14.7. The maximum Gasteiger partial charge on any atom is 0.242 e. The lowest BCUT2D eigenvalue weighted by Crippen LogP contribution is -2.51. The zero-order valence-corrected chi connectivity index (χ0v) is 24.6. The van der Waals surface area contributed by atoms with Gasteiger partial charge in [0.1, 0.15) is 0 Å². The van der Waals surface area contributed by atoms with Gasteiger partial charge in [-0.2, -0.15) is 0 Å². The molecule has 0 saturated carbocycles. The Labute approximate surface area is 250 Å². The summed E-state index contributed by atoms with van der Waals surface area (Å²) >= 11 is 0. The van der Waals surface area contributed by atoms with E-state index in [1.54, 1.807) is 24.3 Å². The molecule has 214 valence electrons. The number of fused-ring (bicyclic) bond motifs is 6. The summed E-state index contributed by atoms with van der Waals surface area (Å²) in [5.41, 5.74) is 5.59. The van der Waals surface area contributed by atoms with Crippen LogP contribution in [0.4, 0.5) is 11.4 Å². The summed E-state index contributed by atoms with van der Waals surface area (Å²) in [7, 11) is 0. The lowest BCUT2D eigenvalue weighted by atomic mass is 9.54. The van der Waals surface area contributed by atoms with Crippen molar-refractivity contribution in [3.05, 3.63) is 130 Å². The normalized spacial score (nSPS) is 24.3. The van der Waals surface area contributed by atoms with E-state index in [9.17, 15) is 14.4 Å². The highest BCUT2D eigenvalue weighted by atomic mass is 16.2. The van der Waals surface area contributed by atoms with Gasteiger partial charge in [0.15, 0.2) is 0 Å². The Bertz CT molecular complexity index is 1820. The van der Waals surface area contributed by atoms with Crippen molar-refractivity contribution in [1.29, 1.82) is 0 Å². The third kappa shape index (κ3) is 3.86. The van der Waals surface area contributed by atoms with Crippen LogP contribution in [0, 0.1) is 39.0 Å². The molecule has 6 heteroatoms. The third-order valence-corrected chi connectivity index (χ3v) is 9.53. The quantitative estimate of drug-likeness (QED) is 0.279. The summed E-state index contributed by atoms with van der Waals surface area (Å²) in [5, 5.41) is 0. The van der Waals surface area contributed by atoms with Crippen LogP contribution < -0.4 is 9.80 Å². The summed E-state index contributed by atoms with van der Waals surface area (Å²) < 4.78 is 0. The molecule has 0 radical (unpaired) electrons. The first-order chi connectivity index (χ1) is 20.6. The number of rotatable bonds is 4. The third-order valence-electron chi connectivity index (χ3n) is 9.53. The second-order valence-corrected chi connectivity index (χ2v) is 12.4. The van der Waals surface area contributed by atoms with Crippen LogP contribution >= 0.6 is 0 Å². The molecule has 2 heterocycles. The average Bonchev–Trinajstić information content (AvgIpc) is 3.38. The van der Waals surface area contributed by atoms with E-state index in [0.29, 0.717) is 22.5 Å². The van der Waals surface area contributed by atoms with Crippen molar-refractivity contribution in [2.24, 2.45) is 11.3 Å². The van der Waals surface area contributed by atoms with Crippen LogP contribution in [-0.4, -0.2) is 23.6 Å². The molecule has 43 heavy (non-hydrogen) atoms. The van der Waals surface area contributed by atoms with Crippen molar-refractivity contribution >= 4 is 35.0 Å². The zero-order chi connectivity index (χ0) is 30.2. The van der Waals surface area contributed by atoms with Crippen molar-refractivity contribution < 1.29 is 19.2 Å². The minimum absolute atomic E-state index is 0.153. The van der Waals surface area contributed by atoms with Crippen LogP contribution in [0.2, 0.25) is 0 Å².